The monoisotopic (exact) mass is 477 g/mol. The van der Waals surface area contributed by atoms with Crippen LogP contribution in [0.5, 0.6) is 0 Å². The highest BCUT2D eigenvalue weighted by atomic mass is 16.6. The van der Waals surface area contributed by atoms with Crippen LogP contribution < -0.4 is 4.90 Å². The molecule has 34 heavy (non-hydrogen) atoms. The van der Waals surface area contributed by atoms with E-state index in [0.717, 1.165) is 5.56 Å². The molecule has 0 unspecified atom stereocenters. The molecule has 0 spiro atoms. The first kappa shape index (κ1) is 27.4. The fourth-order valence-corrected chi connectivity index (χ4v) is 4.21. The normalized spacial score (nSPS) is 15.7. The number of nitrogens with zero attached hydrogens (tertiary/aromatic N) is 3. The molecule has 0 bridgehead atoms. The Morgan fingerprint density at radius 2 is 1.82 bits per heavy atom. The number of rotatable bonds is 8. The van der Waals surface area contributed by atoms with Crippen molar-refractivity contribution in [1.29, 1.82) is 0 Å². The zero-order chi connectivity index (χ0) is 25.6. The van der Waals surface area contributed by atoms with Gasteiger partial charge >= 0.3 is 12.1 Å². The molecule has 1 fully saturated rings. The molecule has 1 aromatic rings. The number of carbonyl (C=O) groups is 2. The third-order valence-corrected chi connectivity index (χ3v) is 5.89. The first-order valence-electron chi connectivity index (χ1n) is 11.9. The molecule has 1 aliphatic heterocycles. The molecule has 0 saturated carbocycles. The van der Waals surface area contributed by atoms with Crippen LogP contribution in [0.25, 0.3) is 0 Å². The lowest BCUT2D eigenvalue weighted by Crippen LogP contribution is -2.49. The Morgan fingerprint density at radius 3 is 2.32 bits per heavy atom. The van der Waals surface area contributed by atoms with Gasteiger partial charge in [0.05, 0.1) is 18.5 Å². The summed E-state index contributed by atoms with van der Waals surface area (Å²) in [6.45, 7) is 13.3. The molecular formula is C25H39N3O6. The predicted octanol–water partition coefficient (Wildman–Crippen LogP) is 5.12. The lowest BCUT2D eigenvalue weighted by atomic mass is 9.95. The Morgan fingerprint density at radius 1 is 1.21 bits per heavy atom. The van der Waals surface area contributed by atoms with E-state index in [1.807, 2.05) is 33.8 Å². The van der Waals surface area contributed by atoms with E-state index < -0.39 is 5.60 Å². The second-order valence-electron chi connectivity index (χ2n) is 10.4. The molecule has 9 heteroatoms. The Kier molecular flexibility index (Phi) is 9.29. The van der Waals surface area contributed by atoms with Gasteiger partial charge in [0.2, 0.25) is 0 Å². The molecule has 190 valence electrons. The number of hydrogen-bond donors (Lipinski definition) is 0. The van der Waals surface area contributed by atoms with Crippen LogP contribution in [0.4, 0.5) is 16.2 Å². The Bertz CT molecular complexity index is 872. The van der Waals surface area contributed by atoms with Crippen LogP contribution in [-0.2, 0) is 14.3 Å². The van der Waals surface area contributed by atoms with Crippen molar-refractivity contribution in [2.45, 2.75) is 78.4 Å². The first-order valence-corrected chi connectivity index (χ1v) is 11.9. The van der Waals surface area contributed by atoms with E-state index in [1.54, 1.807) is 17.0 Å². The summed E-state index contributed by atoms with van der Waals surface area (Å²) in [6.07, 6.45) is 1.23. The van der Waals surface area contributed by atoms with Crippen molar-refractivity contribution < 1.29 is 24.0 Å². The highest BCUT2D eigenvalue weighted by Crippen LogP contribution is 2.36. The first-order chi connectivity index (χ1) is 15.8. The maximum Gasteiger partial charge on any atom is 0.410 e. The van der Waals surface area contributed by atoms with Crippen LogP contribution >= 0.6 is 0 Å². The SMILES string of the molecule is COC(=O)C[C@@H](C)c1ccc(N(CC(C)C)C2CCN(C(=O)OC(C)(C)C)CC2)c([N+](=O)[O-])c1. The number of carbonyl (C=O) groups excluding carboxylic acids is 2. The number of likely N-dealkylation sites (tertiary alicyclic amines) is 1. The van der Waals surface area contributed by atoms with E-state index in [2.05, 4.69) is 18.7 Å². The average Bonchev–Trinajstić information content (AvgIpc) is 2.75. The van der Waals surface area contributed by atoms with E-state index >= 15 is 0 Å². The molecular weight excluding hydrogens is 438 g/mol. The van der Waals surface area contributed by atoms with Crippen LogP contribution in [0.15, 0.2) is 18.2 Å². The van der Waals surface area contributed by atoms with Gasteiger partial charge in [-0.2, -0.15) is 0 Å². The molecule has 0 aliphatic carbocycles. The molecule has 1 heterocycles. The quantitative estimate of drug-likeness (QED) is 0.291. The number of esters is 1. The van der Waals surface area contributed by atoms with Gasteiger partial charge in [-0.25, -0.2) is 4.79 Å². The molecule has 1 atom stereocenters. The van der Waals surface area contributed by atoms with Crippen LogP contribution in [0.3, 0.4) is 0 Å². The van der Waals surface area contributed by atoms with Gasteiger partial charge < -0.3 is 19.3 Å². The summed E-state index contributed by atoms with van der Waals surface area (Å²) in [6, 6.07) is 5.30. The standard InChI is InChI=1S/C25H39N3O6/c1-17(2)16-27(20-10-12-26(13-11-20)24(30)34-25(4,5)6)21-9-8-19(15-22(21)28(31)32)18(3)14-23(29)33-7/h8-9,15,17-18,20H,10-14,16H2,1-7H3/t18-/m1/s1. The third-order valence-electron chi connectivity index (χ3n) is 5.89. The van der Waals surface area contributed by atoms with E-state index in [9.17, 15) is 19.7 Å². The van der Waals surface area contributed by atoms with Gasteiger partial charge in [0, 0.05) is 31.7 Å². The Balaban J connectivity index is 2.27. The van der Waals surface area contributed by atoms with E-state index in [4.69, 9.17) is 9.47 Å². The van der Waals surface area contributed by atoms with Gasteiger partial charge in [0.1, 0.15) is 11.3 Å². The molecule has 1 aromatic carbocycles. The number of nitro benzene ring substituents is 1. The minimum absolute atomic E-state index is 0.0319. The zero-order valence-corrected chi connectivity index (χ0v) is 21.5. The van der Waals surface area contributed by atoms with Crippen molar-refractivity contribution in [3.63, 3.8) is 0 Å². The minimum atomic E-state index is -0.551. The smallest absolute Gasteiger partial charge is 0.410 e. The molecule has 0 radical (unpaired) electrons. The van der Waals surface area contributed by atoms with Crippen molar-refractivity contribution in [2.75, 3.05) is 31.6 Å². The topological polar surface area (TPSA) is 102 Å². The number of hydrogen-bond acceptors (Lipinski definition) is 7. The number of methoxy groups -OCH3 is 1. The molecule has 2 rings (SSSR count). The van der Waals surface area contributed by atoms with E-state index in [1.165, 1.54) is 7.11 Å². The molecule has 1 saturated heterocycles. The number of benzene rings is 1. The van der Waals surface area contributed by atoms with E-state index in [-0.39, 0.29) is 41.1 Å². The van der Waals surface area contributed by atoms with Crippen molar-refractivity contribution in [2.24, 2.45) is 5.92 Å². The molecule has 0 aromatic heterocycles. The summed E-state index contributed by atoms with van der Waals surface area (Å²) in [4.78, 5) is 39.6. The van der Waals surface area contributed by atoms with Gasteiger partial charge in [0.25, 0.3) is 5.69 Å². The number of ether oxygens (including phenoxy) is 2. The van der Waals surface area contributed by atoms with Crippen molar-refractivity contribution >= 4 is 23.4 Å². The highest BCUT2D eigenvalue weighted by Gasteiger charge is 2.32. The Labute approximate surface area is 202 Å². The second-order valence-corrected chi connectivity index (χ2v) is 10.4. The van der Waals surface area contributed by atoms with Gasteiger partial charge in [0.15, 0.2) is 0 Å². The van der Waals surface area contributed by atoms with Crippen LogP contribution in [0, 0.1) is 16.0 Å². The minimum Gasteiger partial charge on any atom is -0.469 e. The van der Waals surface area contributed by atoms with Gasteiger partial charge in [-0.1, -0.05) is 26.8 Å². The number of anilines is 1. The second kappa shape index (κ2) is 11.5. The van der Waals surface area contributed by atoms with Gasteiger partial charge in [-0.3, -0.25) is 14.9 Å². The highest BCUT2D eigenvalue weighted by molar-refractivity contribution is 5.71. The largest absolute Gasteiger partial charge is 0.469 e. The molecule has 1 amide bonds. The molecule has 9 nitrogen and oxygen atoms in total. The van der Waals surface area contributed by atoms with Crippen molar-refractivity contribution in [1.82, 2.24) is 4.90 Å². The average molecular weight is 478 g/mol. The summed E-state index contributed by atoms with van der Waals surface area (Å²) in [7, 11) is 1.33. The van der Waals surface area contributed by atoms with Gasteiger partial charge in [-0.05, 0) is 57.1 Å². The van der Waals surface area contributed by atoms with Crippen LogP contribution in [0.2, 0.25) is 0 Å². The summed E-state index contributed by atoms with van der Waals surface area (Å²) >= 11 is 0. The maximum absolute atomic E-state index is 12.4. The maximum atomic E-state index is 12.4. The predicted molar refractivity (Wildman–Crippen MR) is 131 cm³/mol. The fraction of sp³-hybridized carbons (Fsp3) is 0.680. The third kappa shape index (κ3) is 7.60. The van der Waals surface area contributed by atoms with Crippen molar-refractivity contribution in [3.8, 4) is 0 Å². The lowest BCUT2D eigenvalue weighted by Gasteiger charge is -2.40. The Hall–Kier alpha value is -2.84. The van der Waals surface area contributed by atoms with Crippen molar-refractivity contribution in [3.05, 3.63) is 33.9 Å². The number of amides is 1. The molecule has 0 N–H and O–H groups in total. The summed E-state index contributed by atoms with van der Waals surface area (Å²) < 4.78 is 10.2. The van der Waals surface area contributed by atoms with Gasteiger partial charge in [-0.15, -0.1) is 0 Å². The molecule has 1 aliphatic rings. The fourth-order valence-electron chi connectivity index (χ4n) is 4.21. The van der Waals surface area contributed by atoms with Crippen LogP contribution in [-0.4, -0.2) is 60.3 Å². The summed E-state index contributed by atoms with van der Waals surface area (Å²) in [5.74, 6) is -0.255. The lowest BCUT2D eigenvalue weighted by molar-refractivity contribution is -0.384. The number of piperidine rings is 1. The van der Waals surface area contributed by atoms with E-state index in [0.29, 0.717) is 44.1 Å². The summed E-state index contributed by atoms with van der Waals surface area (Å²) in [5, 5.41) is 12.0. The zero-order valence-electron chi connectivity index (χ0n) is 21.5. The summed E-state index contributed by atoms with van der Waals surface area (Å²) in [5.41, 5.74) is 0.781. The van der Waals surface area contributed by atoms with Crippen LogP contribution in [0.1, 0.15) is 72.3 Å². The number of nitro groups is 1.